The van der Waals surface area contributed by atoms with Crippen LogP contribution >= 0.6 is 0 Å². The molecular formula is C11H18N4O. The first-order chi connectivity index (χ1) is 7.85. The van der Waals surface area contributed by atoms with Gasteiger partial charge in [0.05, 0.1) is 11.8 Å². The number of methoxy groups -OCH3 is 1. The zero-order valence-electron chi connectivity index (χ0n) is 9.59. The van der Waals surface area contributed by atoms with Gasteiger partial charge in [0.25, 0.3) is 0 Å². The minimum atomic E-state index is 0.384. The normalized spacial score (nSPS) is 17.8. The Labute approximate surface area is 95.6 Å². The fraction of sp³-hybridized carbons (Fsp3) is 0.636. The second kappa shape index (κ2) is 5.23. The summed E-state index contributed by atoms with van der Waals surface area (Å²) >= 11 is 0. The van der Waals surface area contributed by atoms with E-state index in [1.807, 2.05) is 0 Å². The van der Waals surface area contributed by atoms with E-state index in [9.17, 15) is 0 Å². The van der Waals surface area contributed by atoms with Crippen molar-refractivity contribution in [3.63, 3.8) is 0 Å². The standard InChI is InChI=1S/C11H18N4O/c1-16-9-2-6-15(7-3-9)11-10(8-12)13-4-5-14-11/h4-5,9H,2-3,6-8,12H2,1H3. The second-order valence-electron chi connectivity index (χ2n) is 3.95. The summed E-state index contributed by atoms with van der Waals surface area (Å²) < 4.78 is 5.34. The Bertz CT molecular complexity index is 337. The van der Waals surface area contributed by atoms with Crippen molar-refractivity contribution in [2.24, 2.45) is 5.73 Å². The van der Waals surface area contributed by atoms with Crippen molar-refractivity contribution >= 4 is 5.82 Å². The van der Waals surface area contributed by atoms with E-state index in [-0.39, 0.29) is 0 Å². The third-order valence-electron chi connectivity index (χ3n) is 3.02. The van der Waals surface area contributed by atoms with Gasteiger partial charge in [0.2, 0.25) is 0 Å². The minimum absolute atomic E-state index is 0.384. The molecule has 0 spiro atoms. The van der Waals surface area contributed by atoms with E-state index >= 15 is 0 Å². The molecular weight excluding hydrogens is 204 g/mol. The largest absolute Gasteiger partial charge is 0.381 e. The summed E-state index contributed by atoms with van der Waals surface area (Å²) in [5, 5.41) is 0. The quantitative estimate of drug-likeness (QED) is 0.809. The van der Waals surface area contributed by atoms with Crippen LogP contribution in [0.25, 0.3) is 0 Å². The molecule has 0 atom stereocenters. The van der Waals surface area contributed by atoms with Crippen molar-refractivity contribution in [3.05, 3.63) is 18.1 Å². The maximum atomic E-state index is 5.66. The third-order valence-corrected chi connectivity index (χ3v) is 3.02. The van der Waals surface area contributed by atoms with E-state index in [1.165, 1.54) is 0 Å². The topological polar surface area (TPSA) is 64.3 Å². The number of ether oxygens (including phenoxy) is 1. The smallest absolute Gasteiger partial charge is 0.151 e. The predicted molar refractivity (Wildman–Crippen MR) is 62.2 cm³/mol. The van der Waals surface area contributed by atoms with Crippen LogP contribution in [0.2, 0.25) is 0 Å². The molecule has 1 fully saturated rings. The monoisotopic (exact) mass is 222 g/mol. The Morgan fingerprint density at radius 2 is 2.06 bits per heavy atom. The summed E-state index contributed by atoms with van der Waals surface area (Å²) in [7, 11) is 1.77. The molecule has 2 N–H and O–H groups in total. The fourth-order valence-corrected chi connectivity index (χ4v) is 2.07. The molecule has 1 aromatic heterocycles. The Hall–Kier alpha value is -1.20. The van der Waals surface area contributed by atoms with E-state index < -0.39 is 0 Å². The minimum Gasteiger partial charge on any atom is -0.381 e. The van der Waals surface area contributed by atoms with Crippen LogP contribution in [-0.4, -0.2) is 36.3 Å². The maximum absolute atomic E-state index is 5.66. The van der Waals surface area contributed by atoms with Gasteiger partial charge >= 0.3 is 0 Å². The van der Waals surface area contributed by atoms with E-state index in [0.29, 0.717) is 12.6 Å². The molecule has 0 amide bonds. The molecule has 0 aliphatic carbocycles. The number of nitrogens with two attached hydrogens (primary N) is 1. The van der Waals surface area contributed by atoms with E-state index in [1.54, 1.807) is 19.5 Å². The first-order valence-electron chi connectivity index (χ1n) is 5.63. The summed E-state index contributed by atoms with van der Waals surface area (Å²) in [6, 6.07) is 0. The highest BCUT2D eigenvalue weighted by molar-refractivity contribution is 5.43. The molecule has 2 rings (SSSR count). The van der Waals surface area contributed by atoms with Crippen LogP contribution in [-0.2, 0) is 11.3 Å². The van der Waals surface area contributed by atoms with Crippen LogP contribution in [0.1, 0.15) is 18.5 Å². The Balaban J connectivity index is 2.07. The molecule has 0 aromatic carbocycles. The fourth-order valence-electron chi connectivity index (χ4n) is 2.07. The molecule has 2 heterocycles. The highest BCUT2D eigenvalue weighted by Crippen LogP contribution is 2.20. The molecule has 0 radical (unpaired) electrons. The van der Waals surface area contributed by atoms with Crippen LogP contribution in [0.3, 0.4) is 0 Å². The summed E-state index contributed by atoms with van der Waals surface area (Å²) in [4.78, 5) is 10.9. The lowest BCUT2D eigenvalue weighted by Crippen LogP contribution is -2.38. The lowest BCUT2D eigenvalue weighted by molar-refractivity contribution is 0.0817. The van der Waals surface area contributed by atoms with Crippen molar-refractivity contribution in [1.82, 2.24) is 9.97 Å². The third kappa shape index (κ3) is 2.31. The van der Waals surface area contributed by atoms with Crippen LogP contribution in [0.15, 0.2) is 12.4 Å². The zero-order valence-corrected chi connectivity index (χ0v) is 9.59. The maximum Gasteiger partial charge on any atom is 0.151 e. The molecule has 5 heteroatoms. The number of nitrogens with zero attached hydrogens (tertiary/aromatic N) is 3. The number of aromatic nitrogens is 2. The molecule has 0 unspecified atom stereocenters. The average molecular weight is 222 g/mol. The molecule has 16 heavy (non-hydrogen) atoms. The Kier molecular flexibility index (Phi) is 3.69. The molecule has 1 aliphatic heterocycles. The van der Waals surface area contributed by atoms with E-state index in [2.05, 4.69) is 14.9 Å². The van der Waals surface area contributed by atoms with Crippen LogP contribution < -0.4 is 10.6 Å². The van der Waals surface area contributed by atoms with Crippen molar-refractivity contribution in [2.75, 3.05) is 25.1 Å². The van der Waals surface area contributed by atoms with Crippen LogP contribution in [0, 0.1) is 0 Å². The first-order valence-corrected chi connectivity index (χ1v) is 5.63. The van der Waals surface area contributed by atoms with Crippen LogP contribution in [0.4, 0.5) is 5.82 Å². The summed E-state index contributed by atoms with van der Waals surface area (Å²) in [6.45, 7) is 2.36. The number of piperidine rings is 1. The van der Waals surface area contributed by atoms with Gasteiger partial charge in [-0.3, -0.25) is 4.98 Å². The molecule has 88 valence electrons. The van der Waals surface area contributed by atoms with Crippen molar-refractivity contribution in [2.45, 2.75) is 25.5 Å². The highest BCUT2D eigenvalue weighted by Gasteiger charge is 2.21. The molecule has 1 saturated heterocycles. The van der Waals surface area contributed by atoms with E-state index in [0.717, 1.165) is 37.4 Å². The van der Waals surface area contributed by atoms with Gasteiger partial charge in [0.1, 0.15) is 0 Å². The number of hydrogen-bond donors (Lipinski definition) is 1. The highest BCUT2D eigenvalue weighted by atomic mass is 16.5. The first kappa shape index (κ1) is 11.3. The lowest BCUT2D eigenvalue weighted by atomic mass is 10.1. The van der Waals surface area contributed by atoms with Crippen LogP contribution in [0.5, 0.6) is 0 Å². The number of hydrogen-bond acceptors (Lipinski definition) is 5. The zero-order chi connectivity index (χ0) is 11.4. The van der Waals surface area contributed by atoms with Crippen molar-refractivity contribution in [3.8, 4) is 0 Å². The van der Waals surface area contributed by atoms with Crippen molar-refractivity contribution in [1.29, 1.82) is 0 Å². The van der Waals surface area contributed by atoms with Gasteiger partial charge in [-0.15, -0.1) is 0 Å². The van der Waals surface area contributed by atoms with Gasteiger partial charge in [0, 0.05) is 39.1 Å². The lowest BCUT2D eigenvalue weighted by Gasteiger charge is -2.32. The van der Waals surface area contributed by atoms with Gasteiger partial charge < -0.3 is 15.4 Å². The van der Waals surface area contributed by atoms with E-state index in [4.69, 9.17) is 10.5 Å². The van der Waals surface area contributed by atoms with Gasteiger partial charge in [-0.2, -0.15) is 0 Å². The summed E-state index contributed by atoms with van der Waals surface area (Å²) in [5.41, 5.74) is 6.53. The molecule has 0 bridgehead atoms. The molecule has 0 saturated carbocycles. The summed E-state index contributed by atoms with van der Waals surface area (Å²) in [5.74, 6) is 0.930. The predicted octanol–water partition coefficient (Wildman–Crippen LogP) is 0.551. The van der Waals surface area contributed by atoms with Gasteiger partial charge in [-0.25, -0.2) is 4.98 Å². The van der Waals surface area contributed by atoms with Gasteiger partial charge in [0.15, 0.2) is 5.82 Å². The Morgan fingerprint density at radius 3 is 2.69 bits per heavy atom. The number of rotatable bonds is 3. The molecule has 1 aliphatic rings. The van der Waals surface area contributed by atoms with Gasteiger partial charge in [-0.05, 0) is 12.8 Å². The molecule has 5 nitrogen and oxygen atoms in total. The Morgan fingerprint density at radius 1 is 1.38 bits per heavy atom. The summed E-state index contributed by atoms with van der Waals surface area (Å²) in [6.07, 6.45) is 5.87. The average Bonchev–Trinajstić information content (AvgIpc) is 2.39. The van der Waals surface area contributed by atoms with Gasteiger partial charge in [-0.1, -0.05) is 0 Å². The molecule has 1 aromatic rings. The van der Waals surface area contributed by atoms with Crippen molar-refractivity contribution < 1.29 is 4.74 Å². The number of anilines is 1. The second-order valence-corrected chi connectivity index (χ2v) is 3.95. The SMILES string of the molecule is COC1CCN(c2nccnc2CN)CC1.